The van der Waals surface area contributed by atoms with Crippen molar-refractivity contribution in [3.63, 3.8) is 0 Å². The molecule has 0 aromatic carbocycles. The second-order valence-corrected chi connectivity index (χ2v) is 7.78. The predicted molar refractivity (Wildman–Crippen MR) is 96.8 cm³/mol. The van der Waals surface area contributed by atoms with Crippen molar-refractivity contribution in [1.82, 2.24) is 19.6 Å². The Morgan fingerprint density at radius 3 is 2.71 bits per heavy atom. The van der Waals surface area contributed by atoms with Crippen molar-refractivity contribution in [2.45, 2.75) is 63.6 Å². The monoisotopic (exact) mass is 334 g/mol. The normalized spacial score (nSPS) is 32.4. The lowest BCUT2D eigenvalue weighted by atomic mass is 9.84. The van der Waals surface area contributed by atoms with Crippen molar-refractivity contribution in [1.29, 1.82) is 0 Å². The van der Waals surface area contributed by atoms with Gasteiger partial charge in [0.25, 0.3) is 0 Å². The standard InChI is InChI=1S/C19H34N4O/c1-4-23-11-7-8-15(19(23)16-12-20-22(3)14-16)13-21(2)17-9-5-6-10-18(17)24/h12,14-15,17-19,24H,4-11,13H2,1-3H3/t15-,17+,18+,19+/m0/s1. The Balaban J connectivity index is 1.73. The van der Waals surface area contributed by atoms with Gasteiger partial charge in [-0.2, -0.15) is 5.10 Å². The zero-order chi connectivity index (χ0) is 17.1. The van der Waals surface area contributed by atoms with E-state index in [0.29, 0.717) is 18.0 Å². The van der Waals surface area contributed by atoms with Gasteiger partial charge in [0.2, 0.25) is 0 Å². The Hall–Kier alpha value is -0.910. The molecular weight excluding hydrogens is 300 g/mol. The Kier molecular flexibility index (Phi) is 5.95. The summed E-state index contributed by atoms with van der Waals surface area (Å²) in [6.07, 6.45) is 11.2. The number of piperidine rings is 1. The molecule has 1 aromatic rings. The second-order valence-electron chi connectivity index (χ2n) is 7.78. The van der Waals surface area contributed by atoms with Crippen LogP contribution in [0, 0.1) is 5.92 Å². The Bertz CT molecular complexity index is 517. The van der Waals surface area contributed by atoms with Crippen LogP contribution in [0.4, 0.5) is 0 Å². The molecule has 0 unspecified atom stereocenters. The third-order valence-electron chi connectivity index (χ3n) is 6.12. The molecule has 2 aliphatic rings. The first kappa shape index (κ1) is 17.9. The molecule has 136 valence electrons. The van der Waals surface area contributed by atoms with Crippen LogP contribution in [0.25, 0.3) is 0 Å². The maximum Gasteiger partial charge on any atom is 0.0695 e. The predicted octanol–water partition coefficient (Wildman–Crippen LogP) is 2.43. The summed E-state index contributed by atoms with van der Waals surface area (Å²) < 4.78 is 1.92. The number of likely N-dealkylation sites (N-methyl/N-ethyl adjacent to an activating group) is 1. The van der Waals surface area contributed by atoms with Crippen LogP contribution in [0.2, 0.25) is 0 Å². The van der Waals surface area contributed by atoms with Gasteiger partial charge < -0.3 is 10.0 Å². The molecular formula is C19H34N4O. The van der Waals surface area contributed by atoms with E-state index in [0.717, 1.165) is 25.9 Å². The summed E-state index contributed by atoms with van der Waals surface area (Å²) in [5.74, 6) is 0.613. The zero-order valence-corrected chi connectivity index (χ0v) is 15.6. The molecule has 24 heavy (non-hydrogen) atoms. The van der Waals surface area contributed by atoms with Crippen molar-refractivity contribution < 1.29 is 5.11 Å². The fourth-order valence-corrected chi connectivity index (χ4v) is 4.88. The number of aliphatic hydroxyl groups is 1. The van der Waals surface area contributed by atoms with Gasteiger partial charge in [-0.1, -0.05) is 19.8 Å². The fraction of sp³-hybridized carbons (Fsp3) is 0.842. The second kappa shape index (κ2) is 7.98. The summed E-state index contributed by atoms with van der Waals surface area (Å²) in [4.78, 5) is 5.05. The molecule has 1 aliphatic carbocycles. The molecule has 1 saturated heterocycles. The molecule has 1 N–H and O–H groups in total. The molecule has 0 radical (unpaired) electrons. The van der Waals surface area contributed by atoms with Gasteiger partial charge in [-0.15, -0.1) is 0 Å². The largest absolute Gasteiger partial charge is 0.391 e. The SMILES string of the molecule is CCN1CCC[C@@H](CN(C)[C@@H]2CCCC[C@H]2O)[C@@H]1c1cnn(C)c1. The van der Waals surface area contributed by atoms with E-state index in [1.165, 1.54) is 37.8 Å². The summed E-state index contributed by atoms with van der Waals surface area (Å²) in [5, 5.41) is 14.8. The molecule has 1 aromatic heterocycles. The molecule has 0 spiro atoms. The molecule has 5 nitrogen and oxygen atoms in total. The summed E-state index contributed by atoms with van der Waals surface area (Å²) in [6, 6.07) is 0.797. The van der Waals surface area contributed by atoms with Crippen LogP contribution in [-0.4, -0.2) is 63.5 Å². The first-order valence-electron chi connectivity index (χ1n) is 9.71. The van der Waals surface area contributed by atoms with Crippen LogP contribution in [0.1, 0.15) is 57.1 Å². The van der Waals surface area contributed by atoms with E-state index in [2.05, 4.69) is 35.1 Å². The Labute approximate surface area is 146 Å². The van der Waals surface area contributed by atoms with E-state index in [9.17, 15) is 5.11 Å². The van der Waals surface area contributed by atoms with Gasteiger partial charge in [0.15, 0.2) is 0 Å². The lowest BCUT2D eigenvalue weighted by Crippen LogP contribution is -2.48. The van der Waals surface area contributed by atoms with E-state index in [1.807, 2.05) is 17.9 Å². The lowest BCUT2D eigenvalue weighted by Gasteiger charge is -2.44. The van der Waals surface area contributed by atoms with Gasteiger partial charge in [-0.3, -0.25) is 9.58 Å². The summed E-state index contributed by atoms with van der Waals surface area (Å²) in [5.41, 5.74) is 1.35. The molecule has 0 bridgehead atoms. The van der Waals surface area contributed by atoms with Crippen molar-refractivity contribution in [2.75, 3.05) is 26.7 Å². The molecule has 4 atom stereocenters. The highest BCUT2D eigenvalue weighted by Crippen LogP contribution is 2.37. The number of hydrogen-bond donors (Lipinski definition) is 1. The highest BCUT2D eigenvalue weighted by Gasteiger charge is 2.35. The smallest absolute Gasteiger partial charge is 0.0695 e. The van der Waals surface area contributed by atoms with Crippen LogP contribution in [0.5, 0.6) is 0 Å². The average Bonchev–Trinajstić information content (AvgIpc) is 3.01. The highest BCUT2D eigenvalue weighted by molar-refractivity contribution is 5.13. The third kappa shape index (κ3) is 3.84. The number of nitrogens with zero attached hydrogens (tertiary/aromatic N) is 4. The van der Waals surface area contributed by atoms with Crippen molar-refractivity contribution in [2.24, 2.45) is 13.0 Å². The van der Waals surface area contributed by atoms with Crippen molar-refractivity contribution >= 4 is 0 Å². The first-order chi connectivity index (χ1) is 11.6. The van der Waals surface area contributed by atoms with Crippen LogP contribution in [-0.2, 0) is 7.05 Å². The van der Waals surface area contributed by atoms with E-state index in [4.69, 9.17) is 0 Å². The van der Waals surface area contributed by atoms with Crippen LogP contribution < -0.4 is 0 Å². The quantitative estimate of drug-likeness (QED) is 0.898. The van der Waals surface area contributed by atoms with Gasteiger partial charge >= 0.3 is 0 Å². The molecule has 2 fully saturated rings. The third-order valence-corrected chi connectivity index (χ3v) is 6.12. The summed E-state index contributed by atoms with van der Waals surface area (Å²) in [6.45, 7) is 5.60. The molecule has 5 heteroatoms. The van der Waals surface area contributed by atoms with Gasteiger partial charge in [0, 0.05) is 37.4 Å². The number of hydrogen-bond acceptors (Lipinski definition) is 4. The van der Waals surface area contributed by atoms with Crippen LogP contribution >= 0.6 is 0 Å². The maximum atomic E-state index is 10.4. The number of aliphatic hydroxyl groups excluding tert-OH is 1. The maximum absolute atomic E-state index is 10.4. The summed E-state index contributed by atoms with van der Waals surface area (Å²) >= 11 is 0. The van der Waals surface area contributed by atoms with Crippen molar-refractivity contribution in [3.8, 4) is 0 Å². The van der Waals surface area contributed by atoms with E-state index >= 15 is 0 Å². The number of rotatable bonds is 5. The molecule has 1 aliphatic heterocycles. The zero-order valence-electron chi connectivity index (χ0n) is 15.6. The molecule has 0 amide bonds. The van der Waals surface area contributed by atoms with E-state index < -0.39 is 0 Å². The minimum absolute atomic E-state index is 0.147. The fourth-order valence-electron chi connectivity index (χ4n) is 4.88. The van der Waals surface area contributed by atoms with E-state index in [1.54, 1.807) is 0 Å². The van der Waals surface area contributed by atoms with Gasteiger partial charge in [-0.25, -0.2) is 0 Å². The number of likely N-dealkylation sites (tertiary alicyclic amines) is 1. The molecule has 2 heterocycles. The Morgan fingerprint density at radius 1 is 1.25 bits per heavy atom. The number of aromatic nitrogens is 2. The molecule has 3 rings (SSSR count). The minimum Gasteiger partial charge on any atom is -0.391 e. The Morgan fingerprint density at radius 2 is 2.04 bits per heavy atom. The molecule has 1 saturated carbocycles. The minimum atomic E-state index is -0.147. The lowest BCUT2D eigenvalue weighted by molar-refractivity contribution is 0.00676. The van der Waals surface area contributed by atoms with Gasteiger partial charge in [0.1, 0.15) is 0 Å². The van der Waals surface area contributed by atoms with E-state index in [-0.39, 0.29) is 6.10 Å². The van der Waals surface area contributed by atoms with Gasteiger partial charge in [0.05, 0.1) is 12.3 Å². The topological polar surface area (TPSA) is 44.5 Å². The van der Waals surface area contributed by atoms with Crippen molar-refractivity contribution in [3.05, 3.63) is 18.0 Å². The van der Waals surface area contributed by atoms with Crippen LogP contribution in [0.3, 0.4) is 0 Å². The highest BCUT2D eigenvalue weighted by atomic mass is 16.3. The first-order valence-corrected chi connectivity index (χ1v) is 9.71. The average molecular weight is 335 g/mol. The van der Waals surface area contributed by atoms with Crippen LogP contribution in [0.15, 0.2) is 12.4 Å². The summed E-state index contributed by atoms with van der Waals surface area (Å²) in [7, 11) is 4.21. The van der Waals surface area contributed by atoms with Gasteiger partial charge in [-0.05, 0) is 51.7 Å². The number of aryl methyl sites for hydroxylation is 1.